The zero-order valence-electron chi connectivity index (χ0n) is 12.0. The maximum atomic E-state index is 12.3. The number of likely N-dealkylation sites (tertiary alicyclic amines) is 1. The van der Waals surface area contributed by atoms with E-state index in [0.29, 0.717) is 6.42 Å². The van der Waals surface area contributed by atoms with Crippen LogP contribution in [-0.2, 0) is 4.79 Å². The second-order valence-corrected chi connectivity index (χ2v) is 5.28. The highest BCUT2D eigenvalue weighted by atomic mass is 16.5. The SMILES string of the molecule is CCNC(C)CC(=O)N1CCCC1c1cc(C)no1. The lowest BCUT2D eigenvalue weighted by molar-refractivity contribution is -0.132. The lowest BCUT2D eigenvalue weighted by Gasteiger charge is -2.24. The fraction of sp³-hybridized carbons (Fsp3) is 0.714. The van der Waals surface area contributed by atoms with Gasteiger partial charge in [-0.3, -0.25) is 4.79 Å². The Bertz CT molecular complexity index is 430. The number of nitrogens with zero attached hydrogens (tertiary/aromatic N) is 2. The second-order valence-electron chi connectivity index (χ2n) is 5.28. The average molecular weight is 265 g/mol. The molecule has 2 rings (SSSR count). The van der Waals surface area contributed by atoms with Crippen molar-refractivity contribution in [3.05, 3.63) is 17.5 Å². The van der Waals surface area contributed by atoms with E-state index < -0.39 is 0 Å². The van der Waals surface area contributed by atoms with Crippen molar-refractivity contribution in [3.8, 4) is 0 Å². The number of rotatable bonds is 5. The summed E-state index contributed by atoms with van der Waals surface area (Å²) in [5, 5.41) is 7.20. The Hall–Kier alpha value is -1.36. The lowest BCUT2D eigenvalue weighted by atomic mass is 10.1. The maximum absolute atomic E-state index is 12.3. The number of hydrogen-bond acceptors (Lipinski definition) is 4. The van der Waals surface area contributed by atoms with Gasteiger partial charge < -0.3 is 14.7 Å². The van der Waals surface area contributed by atoms with Crippen LogP contribution in [0, 0.1) is 6.92 Å². The number of carbonyl (C=O) groups is 1. The molecule has 1 saturated heterocycles. The molecular formula is C14H23N3O2. The Balaban J connectivity index is 2.00. The third kappa shape index (κ3) is 3.35. The first kappa shape index (κ1) is 14.1. The summed E-state index contributed by atoms with van der Waals surface area (Å²) in [5.74, 6) is 1.02. The molecule has 106 valence electrons. The van der Waals surface area contributed by atoms with E-state index in [4.69, 9.17) is 4.52 Å². The van der Waals surface area contributed by atoms with E-state index in [0.717, 1.165) is 37.4 Å². The molecule has 1 amide bonds. The molecule has 19 heavy (non-hydrogen) atoms. The fourth-order valence-corrected chi connectivity index (χ4v) is 2.70. The summed E-state index contributed by atoms with van der Waals surface area (Å²) < 4.78 is 5.32. The van der Waals surface area contributed by atoms with E-state index >= 15 is 0 Å². The molecule has 2 heterocycles. The molecule has 1 aliphatic heterocycles. The predicted molar refractivity (Wildman–Crippen MR) is 72.7 cm³/mol. The van der Waals surface area contributed by atoms with Crippen LogP contribution in [0.2, 0.25) is 0 Å². The fourth-order valence-electron chi connectivity index (χ4n) is 2.70. The molecule has 1 N–H and O–H groups in total. The minimum atomic E-state index is 0.0718. The average Bonchev–Trinajstić information content (AvgIpc) is 2.96. The van der Waals surface area contributed by atoms with E-state index in [9.17, 15) is 4.79 Å². The zero-order chi connectivity index (χ0) is 13.8. The van der Waals surface area contributed by atoms with Gasteiger partial charge in [-0.1, -0.05) is 12.1 Å². The lowest BCUT2D eigenvalue weighted by Crippen LogP contribution is -2.36. The van der Waals surface area contributed by atoms with Crippen LogP contribution in [0.15, 0.2) is 10.6 Å². The van der Waals surface area contributed by atoms with Crippen LogP contribution in [0.1, 0.15) is 50.6 Å². The Morgan fingerprint density at radius 2 is 2.47 bits per heavy atom. The first-order valence-corrected chi connectivity index (χ1v) is 7.08. The highest BCUT2D eigenvalue weighted by molar-refractivity contribution is 5.77. The van der Waals surface area contributed by atoms with Gasteiger partial charge in [-0.25, -0.2) is 0 Å². The number of hydrogen-bond donors (Lipinski definition) is 1. The first-order chi connectivity index (χ1) is 9.11. The molecule has 1 aliphatic rings. The molecule has 0 aromatic carbocycles. The van der Waals surface area contributed by atoms with E-state index in [-0.39, 0.29) is 18.0 Å². The van der Waals surface area contributed by atoms with Crippen molar-refractivity contribution in [1.82, 2.24) is 15.4 Å². The Morgan fingerprint density at radius 3 is 3.11 bits per heavy atom. The van der Waals surface area contributed by atoms with Gasteiger partial charge >= 0.3 is 0 Å². The molecule has 5 nitrogen and oxygen atoms in total. The predicted octanol–water partition coefficient (Wildman–Crippen LogP) is 2.03. The molecule has 1 aromatic rings. The summed E-state index contributed by atoms with van der Waals surface area (Å²) in [6, 6.07) is 2.22. The molecule has 0 radical (unpaired) electrons. The van der Waals surface area contributed by atoms with Gasteiger partial charge in [0.1, 0.15) is 0 Å². The summed E-state index contributed by atoms with van der Waals surface area (Å²) >= 11 is 0. The molecule has 0 saturated carbocycles. The van der Waals surface area contributed by atoms with Crippen molar-refractivity contribution < 1.29 is 9.32 Å². The number of amides is 1. The summed E-state index contributed by atoms with van der Waals surface area (Å²) in [6.45, 7) is 7.71. The summed E-state index contributed by atoms with van der Waals surface area (Å²) in [6.07, 6.45) is 2.54. The smallest absolute Gasteiger partial charge is 0.224 e. The summed E-state index contributed by atoms with van der Waals surface area (Å²) in [7, 11) is 0. The van der Waals surface area contributed by atoms with E-state index in [1.807, 2.05) is 24.8 Å². The van der Waals surface area contributed by atoms with Gasteiger partial charge in [-0.2, -0.15) is 0 Å². The second kappa shape index (κ2) is 6.19. The molecule has 2 unspecified atom stereocenters. The normalized spacial score (nSPS) is 20.8. The van der Waals surface area contributed by atoms with Crippen LogP contribution in [0.4, 0.5) is 0 Å². The van der Waals surface area contributed by atoms with Crippen LogP contribution in [0.25, 0.3) is 0 Å². The highest BCUT2D eigenvalue weighted by Crippen LogP contribution is 2.32. The van der Waals surface area contributed by atoms with Crippen molar-refractivity contribution in [2.45, 2.75) is 52.1 Å². The number of aromatic nitrogens is 1. The number of aryl methyl sites for hydroxylation is 1. The van der Waals surface area contributed by atoms with Crippen LogP contribution >= 0.6 is 0 Å². The zero-order valence-corrected chi connectivity index (χ0v) is 12.0. The van der Waals surface area contributed by atoms with Gasteiger partial charge in [0, 0.05) is 25.1 Å². The van der Waals surface area contributed by atoms with E-state index in [1.54, 1.807) is 0 Å². The van der Waals surface area contributed by atoms with Gasteiger partial charge in [0.25, 0.3) is 0 Å². The summed E-state index contributed by atoms with van der Waals surface area (Å²) in [4.78, 5) is 14.3. The first-order valence-electron chi connectivity index (χ1n) is 7.08. The van der Waals surface area contributed by atoms with Crippen molar-refractivity contribution in [2.24, 2.45) is 0 Å². The third-order valence-electron chi connectivity index (χ3n) is 3.58. The van der Waals surface area contributed by atoms with Crippen molar-refractivity contribution in [3.63, 3.8) is 0 Å². The van der Waals surface area contributed by atoms with Crippen molar-refractivity contribution >= 4 is 5.91 Å². The van der Waals surface area contributed by atoms with Crippen molar-refractivity contribution in [1.29, 1.82) is 0 Å². The van der Waals surface area contributed by atoms with Gasteiger partial charge in [0.05, 0.1) is 11.7 Å². The molecule has 0 aliphatic carbocycles. The molecule has 5 heteroatoms. The van der Waals surface area contributed by atoms with Crippen LogP contribution in [0.3, 0.4) is 0 Å². The molecular weight excluding hydrogens is 242 g/mol. The van der Waals surface area contributed by atoms with Gasteiger partial charge in [-0.15, -0.1) is 0 Å². The Morgan fingerprint density at radius 1 is 1.68 bits per heavy atom. The standard InChI is InChI=1S/C14H23N3O2/c1-4-15-10(2)9-14(18)17-7-5-6-12(17)13-8-11(3)16-19-13/h8,10,12,15H,4-7,9H2,1-3H3. The topological polar surface area (TPSA) is 58.4 Å². The molecule has 1 aromatic heterocycles. The van der Waals surface area contributed by atoms with Crippen molar-refractivity contribution in [2.75, 3.05) is 13.1 Å². The molecule has 0 bridgehead atoms. The van der Waals surface area contributed by atoms with E-state index in [2.05, 4.69) is 17.4 Å². The third-order valence-corrected chi connectivity index (χ3v) is 3.58. The van der Waals surface area contributed by atoms with Crippen LogP contribution < -0.4 is 5.32 Å². The van der Waals surface area contributed by atoms with Crippen LogP contribution in [0.5, 0.6) is 0 Å². The minimum absolute atomic E-state index is 0.0718. The maximum Gasteiger partial charge on any atom is 0.224 e. The van der Waals surface area contributed by atoms with Gasteiger partial charge in [0.15, 0.2) is 5.76 Å². The van der Waals surface area contributed by atoms with Gasteiger partial charge in [-0.05, 0) is 33.2 Å². The minimum Gasteiger partial charge on any atom is -0.359 e. The highest BCUT2D eigenvalue weighted by Gasteiger charge is 2.32. The van der Waals surface area contributed by atoms with Crippen LogP contribution in [-0.4, -0.2) is 35.1 Å². The molecule has 1 fully saturated rings. The monoisotopic (exact) mass is 265 g/mol. The molecule has 0 spiro atoms. The molecule has 2 atom stereocenters. The number of carbonyl (C=O) groups excluding carboxylic acids is 1. The Labute approximate surface area is 114 Å². The number of nitrogens with one attached hydrogen (secondary N) is 1. The largest absolute Gasteiger partial charge is 0.359 e. The van der Waals surface area contributed by atoms with E-state index in [1.165, 1.54) is 0 Å². The summed E-state index contributed by atoms with van der Waals surface area (Å²) in [5.41, 5.74) is 0.871. The Kier molecular flexibility index (Phi) is 4.58. The quantitative estimate of drug-likeness (QED) is 0.885. The van der Waals surface area contributed by atoms with Gasteiger partial charge in [0.2, 0.25) is 5.91 Å².